The van der Waals surface area contributed by atoms with Crippen molar-refractivity contribution in [1.29, 1.82) is 0 Å². The lowest BCUT2D eigenvalue weighted by molar-refractivity contribution is -0.131. The number of imidazole rings is 1. The highest BCUT2D eigenvalue weighted by molar-refractivity contribution is 5.94. The number of nitrogens with zero attached hydrogens (tertiary/aromatic N) is 3. The van der Waals surface area contributed by atoms with Crippen molar-refractivity contribution in [1.82, 2.24) is 19.8 Å². The number of hydrogen-bond donors (Lipinski definition) is 1. The van der Waals surface area contributed by atoms with Crippen molar-refractivity contribution in [3.05, 3.63) is 65.7 Å². The van der Waals surface area contributed by atoms with Crippen molar-refractivity contribution < 1.29 is 14.0 Å². The van der Waals surface area contributed by atoms with Gasteiger partial charge in [0.05, 0.1) is 11.0 Å². The molecule has 0 aliphatic heterocycles. The predicted molar refractivity (Wildman–Crippen MR) is 119 cm³/mol. The number of carbonyl (C=O) groups excluding carboxylic acids is 2. The third-order valence-electron chi connectivity index (χ3n) is 5.11. The Hall–Kier alpha value is -3.22. The van der Waals surface area contributed by atoms with Crippen LogP contribution >= 0.6 is 0 Å². The smallest absolute Gasteiger partial charge is 0.251 e. The highest BCUT2D eigenvalue weighted by atomic mass is 19.1. The van der Waals surface area contributed by atoms with Crippen LogP contribution in [0.3, 0.4) is 0 Å². The van der Waals surface area contributed by atoms with Gasteiger partial charge in [0.25, 0.3) is 5.91 Å². The summed E-state index contributed by atoms with van der Waals surface area (Å²) < 4.78 is 15.0. The maximum Gasteiger partial charge on any atom is 0.251 e. The molecule has 0 aliphatic rings. The molecule has 6 nitrogen and oxygen atoms in total. The van der Waals surface area contributed by atoms with Gasteiger partial charge in [0, 0.05) is 31.6 Å². The van der Waals surface area contributed by atoms with Gasteiger partial charge in [-0.25, -0.2) is 9.37 Å². The van der Waals surface area contributed by atoms with Crippen molar-refractivity contribution >= 4 is 22.8 Å². The first-order valence-corrected chi connectivity index (χ1v) is 10.8. The Morgan fingerprint density at radius 3 is 2.39 bits per heavy atom. The van der Waals surface area contributed by atoms with Gasteiger partial charge in [0.1, 0.15) is 18.2 Å². The van der Waals surface area contributed by atoms with E-state index in [1.54, 1.807) is 0 Å². The number of hydrogen-bond acceptors (Lipinski definition) is 3. The van der Waals surface area contributed by atoms with E-state index in [9.17, 15) is 14.0 Å². The van der Waals surface area contributed by atoms with Crippen LogP contribution in [-0.2, 0) is 17.8 Å². The number of amides is 2. The molecule has 0 saturated heterocycles. The van der Waals surface area contributed by atoms with Crippen LogP contribution in [0.15, 0.2) is 48.5 Å². The second-order valence-corrected chi connectivity index (χ2v) is 7.50. The molecule has 2 amide bonds. The lowest BCUT2D eigenvalue weighted by Gasteiger charge is -2.22. The Morgan fingerprint density at radius 2 is 1.71 bits per heavy atom. The van der Waals surface area contributed by atoms with Gasteiger partial charge < -0.3 is 14.8 Å². The van der Waals surface area contributed by atoms with Crippen molar-refractivity contribution in [2.24, 2.45) is 0 Å². The molecule has 1 N–H and O–H groups in total. The van der Waals surface area contributed by atoms with Crippen molar-refractivity contribution in [2.75, 3.05) is 19.6 Å². The summed E-state index contributed by atoms with van der Waals surface area (Å²) in [5.41, 5.74) is 2.14. The van der Waals surface area contributed by atoms with Gasteiger partial charge >= 0.3 is 0 Å². The van der Waals surface area contributed by atoms with E-state index in [2.05, 4.69) is 24.1 Å². The standard InChI is InChI=1S/C24H29FN4O2/c1-3-15-28(16-4-2)23(30)17-29-21-8-6-5-7-20(21)27-22(29)13-14-26-24(31)18-9-11-19(25)12-10-18/h5-12H,3-4,13-17H2,1-2H3,(H,26,31). The van der Waals surface area contributed by atoms with Crippen molar-refractivity contribution in [3.63, 3.8) is 0 Å². The van der Waals surface area contributed by atoms with Gasteiger partial charge in [-0.1, -0.05) is 26.0 Å². The summed E-state index contributed by atoms with van der Waals surface area (Å²) in [6, 6.07) is 13.2. The molecule has 1 heterocycles. The molecule has 7 heteroatoms. The minimum atomic E-state index is -0.380. The summed E-state index contributed by atoms with van der Waals surface area (Å²) in [5.74, 6) is 0.177. The molecule has 0 radical (unpaired) electrons. The average Bonchev–Trinajstić information content (AvgIpc) is 3.11. The quantitative estimate of drug-likeness (QED) is 0.538. The Morgan fingerprint density at radius 1 is 1.03 bits per heavy atom. The molecule has 164 valence electrons. The maximum atomic E-state index is 13.1. The molecule has 0 saturated carbocycles. The molecule has 0 bridgehead atoms. The molecule has 31 heavy (non-hydrogen) atoms. The number of nitrogens with one attached hydrogen (secondary N) is 1. The highest BCUT2D eigenvalue weighted by Crippen LogP contribution is 2.17. The first kappa shape index (κ1) is 22.5. The van der Waals surface area contributed by atoms with Crippen LogP contribution in [0.5, 0.6) is 0 Å². The summed E-state index contributed by atoms with van der Waals surface area (Å²) in [5, 5.41) is 2.85. The number of carbonyl (C=O) groups is 2. The predicted octanol–water partition coefficient (Wildman–Crippen LogP) is 3.80. The van der Waals surface area contributed by atoms with Crippen LogP contribution in [0.2, 0.25) is 0 Å². The number of aromatic nitrogens is 2. The molecule has 0 fully saturated rings. The van der Waals surface area contributed by atoms with E-state index in [1.165, 1.54) is 24.3 Å². The van der Waals surface area contributed by atoms with Crippen LogP contribution < -0.4 is 5.32 Å². The van der Waals surface area contributed by atoms with Gasteiger partial charge in [-0.05, 0) is 49.2 Å². The van der Waals surface area contributed by atoms with Gasteiger partial charge in [0.15, 0.2) is 0 Å². The van der Waals surface area contributed by atoms with Crippen LogP contribution in [0.4, 0.5) is 4.39 Å². The summed E-state index contributed by atoms with van der Waals surface area (Å²) in [7, 11) is 0. The average molecular weight is 425 g/mol. The largest absolute Gasteiger partial charge is 0.352 e. The summed E-state index contributed by atoms with van der Waals surface area (Å²) in [6.45, 7) is 6.20. The van der Waals surface area contributed by atoms with Crippen LogP contribution in [0.1, 0.15) is 42.9 Å². The molecule has 0 aliphatic carbocycles. The van der Waals surface area contributed by atoms with E-state index in [0.717, 1.165) is 42.8 Å². The van der Waals surface area contributed by atoms with E-state index in [-0.39, 0.29) is 24.2 Å². The van der Waals surface area contributed by atoms with E-state index in [1.807, 2.05) is 33.7 Å². The minimum absolute atomic E-state index is 0.0726. The van der Waals surface area contributed by atoms with E-state index >= 15 is 0 Å². The van der Waals surface area contributed by atoms with Crippen molar-refractivity contribution in [2.45, 2.75) is 39.7 Å². The normalized spacial score (nSPS) is 10.9. The molecular weight excluding hydrogens is 395 g/mol. The van der Waals surface area contributed by atoms with Gasteiger partial charge in [0.2, 0.25) is 5.91 Å². The second kappa shape index (κ2) is 10.7. The zero-order valence-corrected chi connectivity index (χ0v) is 18.1. The Bertz CT molecular complexity index is 1020. The van der Waals surface area contributed by atoms with E-state index in [0.29, 0.717) is 18.5 Å². The van der Waals surface area contributed by atoms with Crippen LogP contribution in [0.25, 0.3) is 11.0 Å². The van der Waals surface area contributed by atoms with Gasteiger partial charge in [-0.15, -0.1) is 0 Å². The van der Waals surface area contributed by atoms with E-state index in [4.69, 9.17) is 0 Å². The molecule has 1 aromatic heterocycles. The molecule has 3 rings (SSSR count). The Balaban J connectivity index is 1.73. The third-order valence-corrected chi connectivity index (χ3v) is 5.11. The molecule has 0 spiro atoms. The van der Waals surface area contributed by atoms with Gasteiger partial charge in [-0.2, -0.15) is 0 Å². The molecular formula is C24H29FN4O2. The number of benzene rings is 2. The lowest BCUT2D eigenvalue weighted by atomic mass is 10.2. The SMILES string of the molecule is CCCN(CCC)C(=O)Cn1c(CCNC(=O)c2ccc(F)cc2)nc2ccccc21. The second-order valence-electron chi connectivity index (χ2n) is 7.50. The lowest BCUT2D eigenvalue weighted by Crippen LogP contribution is -2.35. The molecule has 0 unspecified atom stereocenters. The number of rotatable bonds is 10. The molecule has 2 aromatic carbocycles. The molecule has 3 aromatic rings. The number of halogens is 1. The maximum absolute atomic E-state index is 13.1. The van der Waals surface area contributed by atoms with Crippen molar-refractivity contribution in [3.8, 4) is 0 Å². The van der Waals surface area contributed by atoms with Crippen LogP contribution in [0, 0.1) is 5.82 Å². The Kier molecular flexibility index (Phi) is 7.76. The first-order valence-electron chi connectivity index (χ1n) is 10.8. The number of para-hydroxylation sites is 2. The van der Waals surface area contributed by atoms with Gasteiger partial charge in [-0.3, -0.25) is 9.59 Å². The van der Waals surface area contributed by atoms with Crippen LogP contribution in [-0.4, -0.2) is 45.9 Å². The first-order chi connectivity index (χ1) is 15.0. The zero-order valence-electron chi connectivity index (χ0n) is 18.1. The minimum Gasteiger partial charge on any atom is -0.352 e. The topological polar surface area (TPSA) is 67.2 Å². The fourth-order valence-corrected chi connectivity index (χ4v) is 3.62. The summed E-state index contributed by atoms with van der Waals surface area (Å²) in [6.07, 6.45) is 2.31. The molecule has 0 atom stereocenters. The van der Waals surface area contributed by atoms with E-state index < -0.39 is 0 Å². The summed E-state index contributed by atoms with van der Waals surface area (Å²) in [4.78, 5) is 31.8. The number of fused-ring (bicyclic) bond motifs is 1. The zero-order chi connectivity index (χ0) is 22.2. The fraction of sp³-hybridized carbons (Fsp3) is 0.375. The highest BCUT2D eigenvalue weighted by Gasteiger charge is 2.17. The Labute approximate surface area is 182 Å². The summed E-state index contributed by atoms with van der Waals surface area (Å²) >= 11 is 0. The third kappa shape index (κ3) is 5.69. The fourth-order valence-electron chi connectivity index (χ4n) is 3.62. The monoisotopic (exact) mass is 424 g/mol.